The molecule has 0 unspecified atom stereocenters. The fourth-order valence-corrected chi connectivity index (χ4v) is 1.82. The second-order valence-electron chi connectivity index (χ2n) is 4.27. The Balaban J connectivity index is 2.19. The molecule has 1 saturated heterocycles. The quantitative estimate of drug-likeness (QED) is 0.755. The number of amides is 2. The third-order valence-corrected chi connectivity index (χ3v) is 2.89. The zero-order chi connectivity index (χ0) is 11.7. The molecule has 4 heteroatoms. The molecule has 0 saturated carbocycles. The van der Waals surface area contributed by atoms with Gasteiger partial charge in [-0.1, -0.05) is 0 Å². The number of benzene rings is 1. The van der Waals surface area contributed by atoms with Crippen molar-refractivity contribution in [1.29, 1.82) is 0 Å². The minimum atomic E-state index is 0.0811. The van der Waals surface area contributed by atoms with Crippen LogP contribution < -0.4 is 9.80 Å². The molecule has 0 radical (unpaired) electrons. The van der Waals surface area contributed by atoms with Crippen LogP contribution in [0.2, 0.25) is 0 Å². The second-order valence-corrected chi connectivity index (χ2v) is 4.27. The third-order valence-electron chi connectivity index (χ3n) is 2.89. The Hall–Kier alpha value is -1.71. The number of carbonyl (C=O) groups is 1. The van der Waals surface area contributed by atoms with Crippen molar-refractivity contribution in [3.05, 3.63) is 24.3 Å². The molecule has 1 aliphatic heterocycles. The largest absolute Gasteiger partial charge is 0.378 e. The molecule has 0 bridgehead atoms. The number of carbonyl (C=O) groups excluding carboxylic acids is 1. The van der Waals surface area contributed by atoms with Crippen LogP contribution in [-0.4, -0.2) is 45.2 Å². The topological polar surface area (TPSA) is 26.8 Å². The Morgan fingerprint density at radius 3 is 2.19 bits per heavy atom. The molecular formula is C12H17N3O. The zero-order valence-corrected chi connectivity index (χ0v) is 9.97. The summed E-state index contributed by atoms with van der Waals surface area (Å²) in [5, 5.41) is 0. The van der Waals surface area contributed by atoms with E-state index in [0.29, 0.717) is 0 Å². The van der Waals surface area contributed by atoms with E-state index in [-0.39, 0.29) is 6.03 Å². The van der Waals surface area contributed by atoms with Gasteiger partial charge in [0.1, 0.15) is 0 Å². The third kappa shape index (κ3) is 1.83. The van der Waals surface area contributed by atoms with Gasteiger partial charge in [0.2, 0.25) is 0 Å². The van der Waals surface area contributed by atoms with Crippen molar-refractivity contribution in [3.8, 4) is 0 Å². The summed E-state index contributed by atoms with van der Waals surface area (Å²) in [6, 6.07) is 8.12. The van der Waals surface area contributed by atoms with E-state index in [1.807, 2.05) is 50.3 Å². The summed E-state index contributed by atoms with van der Waals surface area (Å²) in [7, 11) is 5.84. The highest BCUT2D eigenvalue weighted by molar-refractivity contribution is 5.94. The van der Waals surface area contributed by atoms with Gasteiger partial charge in [0, 0.05) is 45.6 Å². The van der Waals surface area contributed by atoms with Gasteiger partial charge in [0.25, 0.3) is 0 Å². The summed E-state index contributed by atoms with van der Waals surface area (Å²) in [5.74, 6) is 0. The van der Waals surface area contributed by atoms with E-state index in [1.165, 1.54) is 0 Å². The molecule has 2 amide bonds. The van der Waals surface area contributed by atoms with Gasteiger partial charge in [-0.15, -0.1) is 0 Å². The zero-order valence-electron chi connectivity index (χ0n) is 9.97. The number of anilines is 2. The highest BCUT2D eigenvalue weighted by Crippen LogP contribution is 2.22. The van der Waals surface area contributed by atoms with Crippen LogP contribution in [0, 0.1) is 0 Å². The minimum absolute atomic E-state index is 0.0811. The van der Waals surface area contributed by atoms with E-state index in [0.717, 1.165) is 24.5 Å². The first-order valence-electron chi connectivity index (χ1n) is 5.39. The molecule has 0 aromatic heterocycles. The normalized spacial score (nSPS) is 15.8. The van der Waals surface area contributed by atoms with Crippen molar-refractivity contribution in [2.75, 3.05) is 44.0 Å². The molecule has 0 aliphatic carbocycles. The molecule has 1 heterocycles. The van der Waals surface area contributed by atoms with Crippen LogP contribution in [0.1, 0.15) is 0 Å². The lowest BCUT2D eigenvalue weighted by Crippen LogP contribution is -2.29. The summed E-state index contributed by atoms with van der Waals surface area (Å²) in [4.78, 5) is 17.4. The average Bonchev–Trinajstić information content (AvgIpc) is 2.60. The van der Waals surface area contributed by atoms with Crippen LogP contribution >= 0.6 is 0 Å². The molecular weight excluding hydrogens is 202 g/mol. The maximum Gasteiger partial charge on any atom is 0.324 e. The molecule has 1 aliphatic rings. The first-order valence-corrected chi connectivity index (χ1v) is 5.39. The molecule has 16 heavy (non-hydrogen) atoms. The number of nitrogens with zero attached hydrogens (tertiary/aromatic N) is 3. The number of hydrogen-bond acceptors (Lipinski definition) is 2. The molecule has 0 N–H and O–H groups in total. The Labute approximate surface area is 96.1 Å². The summed E-state index contributed by atoms with van der Waals surface area (Å²) in [5.41, 5.74) is 2.11. The molecule has 4 nitrogen and oxygen atoms in total. The smallest absolute Gasteiger partial charge is 0.324 e. The van der Waals surface area contributed by atoms with Gasteiger partial charge in [0.05, 0.1) is 0 Å². The number of urea groups is 1. The molecule has 0 atom stereocenters. The highest BCUT2D eigenvalue weighted by atomic mass is 16.2. The molecule has 1 fully saturated rings. The van der Waals surface area contributed by atoms with E-state index >= 15 is 0 Å². The first kappa shape index (κ1) is 10.8. The molecule has 0 spiro atoms. The molecule has 1 aromatic carbocycles. The van der Waals surface area contributed by atoms with Crippen LogP contribution in [0.3, 0.4) is 0 Å². The van der Waals surface area contributed by atoms with Crippen LogP contribution in [0.25, 0.3) is 0 Å². The minimum Gasteiger partial charge on any atom is -0.378 e. The van der Waals surface area contributed by atoms with Crippen molar-refractivity contribution in [1.82, 2.24) is 4.90 Å². The Kier molecular flexibility index (Phi) is 2.73. The monoisotopic (exact) mass is 219 g/mol. The number of hydrogen-bond donors (Lipinski definition) is 0. The lowest BCUT2D eigenvalue weighted by atomic mass is 10.2. The fourth-order valence-electron chi connectivity index (χ4n) is 1.82. The highest BCUT2D eigenvalue weighted by Gasteiger charge is 2.26. The van der Waals surface area contributed by atoms with Crippen LogP contribution in [0.15, 0.2) is 24.3 Å². The van der Waals surface area contributed by atoms with Crippen molar-refractivity contribution < 1.29 is 4.79 Å². The number of rotatable bonds is 2. The summed E-state index contributed by atoms with van der Waals surface area (Å²) >= 11 is 0. The van der Waals surface area contributed by atoms with Gasteiger partial charge in [-0.25, -0.2) is 4.79 Å². The second kappa shape index (κ2) is 4.04. The van der Waals surface area contributed by atoms with Gasteiger partial charge in [-0.05, 0) is 24.3 Å². The van der Waals surface area contributed by atoms with Crippen LogP contribution in [-0.2, 0) is 0 Å². The van der Waals surface area contributed by atoms with Gasteiger partial charge in [-0.2, -0.15) is 0 Å². The summed E-state index contributed by atoms with van der Waals surface area (Å²) < 4.78 is 0. The van der Waals surface area contributed by atoms with Crippen molar-refractivity contribution in [2.45, 2.75) is 0 Å². The van der Waals surface area contributed by atoms with E-state index in [1.54, 1.807) is 9.80 Å². The van der Waals surface area contributed by atoms with E-state index in [2.05, 4.69) is 0 Å². The maximum atomic E-state index is 11.8. The summed E-state index contributed by atoms with van der Waals surface area (Å²) in [6.45, 7) is 1.57. The maximum absolute atomic E-state index is 11.8. The Morgan fingerprint density at radius 1 is 1.12 bits per heavy atom. The molecule has 1 aromatic rings. The predicted molar refractivity (Wildman–Crippen MR) is 66.1 cm³/mol. The Morgan fingerprint density at radius 2 is 1.75 bits per heavy atom. The van der Waals surface area contributed by atoms with Gasteiger partial charge in [-0.3, -0.25) is 4.90 Å². The van der Waals surface area contributed by atoms with Crippen LogP contribution in [0.5, 0.6) is 0 Å². The SMILES string of the molecule is CN1CCN(c2ccc(N(C)C)cc2)C1=O. The number of likely N-dealkylation sites (N-methyl/N-ethyl adjacent to an activating group) is 1. The van der Waals surface area contributed by atoms with Gasteiger partial charge >= 0.3 is 6.03 Å². The van der Waals surface area contributed by atoms with Gasteiger partial charge in [0.15, 0.2) is 0 Å². The lowest BCUT2D eigenvalue weighted by molar-refractivity contribution is 0.229. The standard InChI is InChI=1S/C12H17N3O/c1-13(2)10-4-6-11(7-5-10)15-9-8-14(3)12(15)16/h4-7H,8-9H2,1-3H3. The Bertz CT molecular complexity index is 386. The van der Waals surface area contributed by atoms with E-state index in [4.69, 9.17) is 0 Å². The van der Waals surface area contributed by atoms with Crippen molar-refractivity contribution in [3.63, 3.8) is 0 Å². The van der Waals surface area contributed by atoms with Crippen LogP contribution in [0.4, 0.5) is 16.2 Å². The predicted octanol–water partition coefficient (Wildman–Crippen LogP) is 1.62. The van der Waals surface area contributed by atoms with Gasteiger partial charge < -0.3 is 9.80 Å². The molecule has 2 rings (SSSR count). The summed E-state index contributed by atoms with van der Waals surface area (Å²) in [6.07, 6.45) is 0. The van der Waals surface area contributed by atoms with Crippen molar-refractivity contribution >= 4 is 17.4 Å². The fraction of sp³-hybridized carbons (Fsp3) is 0.417. The van der Waals surface area contributed by atoms with Crippen molar-refractivity contribution in [2.24, 2.45) is 0 Å². The van der Waals surface area contributed by atoms with E-state index < -0.39 is 0 Å². The lowest BCUT2D eigenvalue weighted by Gasteiger charge is -2.18. The molecule has 86 valence electrons. The van der Waals surface area contributed by atoms with E-state index in [9.17, 15) is 4.79 Å². The average molecular weight is 219 g/mol. The first-order chi connectivity index (χ1) is 7.59.